The number of nitrogens with zero attached hydrogens (tertiary/aromatic N) is 2. The fraction of sp³-hybridized carbons (Fsp3) is 0.381. The molecule has 4 nitrogen and oxygen atoms in total. The Hall–Kier alpha value is -2.51. The molecule has 0 heterocycles. The number of nitrogens with one attached hydrogen (secondary N) is 2. The number of hydrogen-bond donors (Lipinski definition) is 2. The second-order valence-corrected chi connectivity index (χ2v) is 7.49. The first kappa shape index (κ1) is 18.8. The van der Waals surface area contributed by atoms with Gasteiger partial charge in [-0.1, -0.05) is 45.0 Å². The molecule has 0 aliphatic heterocycles. The molecule has 0 aromatic heterocycles. The number of para-hydroxylation sites is 1. The lowest BCUT2D eigenvalue weighted by Gasteiger charge is -2.27. The lowest BCUT2D eigenvalue weighted by molar-refractivity contribution is 0.334. The third-order valence-corrected chi connectivity index (χ3v) is 4.24. The molecule has 1 atom stereocenters. The van der Waals surface area contributed by atoms with Gasteiger partial charge in [0.15, 0.2) is 0 Å². The summed E-state index contributed by atoms with van der Waals surface area (Å²) < 4.78 is 0. The van der Waals surface area contributed by atoms with Crippen molar-refractivity contribution < 1.29 is 0 Å². The number of anilines is 2. The summed E-state index contributed by atoms with van der Waals surface area (Å²) in [5, 5.41) is 16.2. The summed E-state index contributed by atoms with van der Waals surface area (Å²) in [6.45, 7) is 7.37. The summed E-state index contributed by atoms with van der Waals surface area (Å²) >= 11 is 0. The number of rotatable bonds is 6. The summed E-state index contributed by atoms with van der Waals surface area (Å²) in [6, 6.07) is 18.4. The highest BCUT2D eigenvalue weighted by Crippen LogP contribution is 2.23. The molecule has 0 radical (unpaired) electrons. The first-order valence-electron chi connectivity index (χ1n) is 8.58. The Labute approximate surface area is 151 Å². The molecule has 2 N–H and O–H groups in total. The van der Waals surface area contributed by atoms with E-state index in [0.717, 1.165) is 17.9 Å². The zero-order valence-corrected chi connectivity index (χ0v) is 15.8. The molecule has 0 aliphatic carbocycles. The minimum atomic E-state index is 0.0665. The largest absolute Gasteiger partial charge is 0.382 e. The standard InChI is InChI=1S/C21H28N4/c1-21(2,3)17-10-12-18(13-11-17)23-15-20(25(4)5)24-19-9-7-6-8-16(19)14-22/h6-13,20,23-24H,15H2,1-5H3. The highest BCUT2D eigenvalue weighted by atomic mass is 15.2. The maximum Gasteiger partial charge on any atom is 0.101 e. The van der Waals surface area contributed by atoms with Gasteiger partial charge in [0.05, 0.1) is 17.4 Å². The van der Waals surface area contributed by atoms with Gasteiger partial charge in [0.25, 0.3) is 0 Å². The summed E-state index contributed by atoms with van der Waals surface area (Å²) in [6.07, 6.45) is 0.0665. The molecule has 0 bridgehead atoms. The predicted octanol–water partition coefficient (Wildman–Crippen LogP) is 4.27. The van der Waals surface area contributed by atoms with E-state index in [9.17, 15) is 5.26 Å². The second kappa shape index (κ2) is 8.04. The number of nitriles is 1. The van der Waals surface area contributed by atoms with Gasteiger partial charge in [0.2, 0.25) is 0 Å². The average molecular weight is 336 g/mol. The van der Waals surface area contributed by atoms with E-state index in [2.05, 4.69) is 66.6 Å². The van der Waals surface area contributed by atoms with Gasteiger partial charge >= 0.3 is 0 Å². The molecule has 132 valence electrons. The number of hydrogen-bond acceptors (Lipinski definition) is 4. The molecule has 0 amide bonds. The molecule has 0 saturated carbocycles. The lowest BCUT2D eigenvalue weighted by Crippen LogP contribution is -2.41. The molecule has 0 spiro atoms. The Morgan fingerprint density at radius 3 is 2.24 bits per heavy atom. The maximum atomic E-state index is 9.25. The van der Waals surface area contributed by atoms with Crippen molar-refractivity contribution in [1.82, 2.24) is 4.90 Å². The van der Waals surface area contributed by atoms with Crippen LogP contribution in [0.3, 0.4) is 0 Å². The quantitative estimate of drug-likeness (QED) is 0.774. The Morgan fingerprint density at radius 1 is 1.04 bits per heavy atom. The van der Waals surface area contributed by atoms with Crippen LogP contribution in [0.4, 0.5) is 11.4 Å². The maximum absolute atomic E-state index is 9.25. The van der Waals surface area contributed by atoms with E-state index in [4.69, 9.17) is 0 Å². The van der Waals surface area contributed by atoms with E-state index in [0.29, 0.717) is 5.56 Å². The number of likely N-dealkylation sites (N-methyl/N-ethyl adjacent to an activating group) is 1. The normalized spacial score (nSPS) is 12.5. The van der Waals surface area contributed by atoms with Gasteiger partial charge in [-0.25, -0.2) is 0 Å². The number of benzene rings is 2. The highest BCUT2D eigenvalue weighted by Gasteiger charge is 2.14. The Bertz CT molecular complexity index is 721. The molecule has 2 aromatic carbocycles. The van der Waals surface area contributed by atoms with Gasteiger partial charge < -0.3 is 10.6 Å². The van der Waals surface area contributed by atoms with Crippen molar-refractivity contribution >= 4 is 11.4 Å². The van der Waals surface area contributed by atoms with Crippen molar-refractivity contribution in [3.05, 3.63) is 59.7 Å². The minimum absolute atomic E-state index is 0.0665. The molecule has 0 aliphatic rings. The first-order chi connectivity index (χ1) is 11.8. The van der Waals surface area contributed by atoms with E-state index in [-0.39, 0.29) is 11.6 Å². The van der Waals surface area contributed by atoms with Crippen molar-refractivity contribution in [2.24, 2.45) is 0 Å². The Kier molecular flexibility index (Phi) is 6.06. The van der Waals surface area contributed by atoms with Crippen LogP contribution in [0.2, 0.25) is 0 Å². The third kappa shape index (κ3) is 5.23. The Balaban J connectivity index is 2.04. The van der Waals surface area contributed by atoms with Gasteiger partial charge in [-0.2, -0.15) is 5.26 Å². The van der Waals surface area contributed by atoms with Crippen LogP contribution in [-0.4, -0.2) is 31.7 Å². The average Bonchev–Trinajstić information content (AvgIpc) is 2.58. The molecular weight excluding hydrogens is 308 g/mol. The second-order valence-electron chi connectivity index (χ2n) is 7.49. The summed E-state index contributed by atoms with van der Waals surface area (Å²) in [5.74, 6) is 0. The van der Waals surface area contributed by atoms with Crippen molar-refractivity contribution in [2.75, 3.05) is 31.3 Å². The van der Waals surface area contributed by atoms with Crippen LogP contribution >= 0.6 is 0 Å². The predicted molar refractivity (Wildman–Crippen MR) is 106 cm³/mol. The SMILES string of the molecule is CN(C)C(CNc1ccc(C(C)(C)C)cc1)Nc1ccccc1C#N. The van der Waals surface area contributed by atoms with Gasteiger partial charge in [0, 0.05) is 12.2 Å². The molecule has 0 fully saturated rings. The van der Waals surface area contributed by atoms with Gasteiger partial charge in [0.1, 0.15) is 6.07 Å². The van der Waals surface area contributed by atoms with Gasteiger partial charge in [-0.05, 0) is 49.3 Å². The third-order valence-electron chi connectivity index (χ3n) is 4.24. The molecule has 25 heavy (non-hydrogen) atoms. The van der Waals surface area contributed by atoms with E-state index in [1.165, 1.54) is 5.56 Å². The summed E-state index contributed by atoms with van der Waals surface area (Å²) in [4.78, 5) is 2.10. The summed E-state index contributed by atoms with van der Waals surface area (Å²) in [7, 11) is 4.05. The van der Waals surface area contributed by atoms with Crippen LogP contribution in [0.5, 0.6) is 0 Å². The zero-order chi connectivity index (χ0) is 18.4. The molecule has 2 rings (SSSR count). The molecular formula is C21H28N4. The van der Waals surface area contributed by atoms with Crippen LogP contribution in [0.25, 0.3) is 0 Å². The van der Waals surface area contributed by atoms with Crippen LogP contribution in [0.15, 0.2) is 48.5 Å². The molecule has 1 unspecified atom stereocenters. The van der Waals surface area contributed by atoms with Crippen LogP contribution in [0.1, 0.15) is 31.9 Å². The topological polar surface area (TPSA) is 51.1 Å². The van der Waals surface area contributed by atoms with Gasteiger partial charge in [-0.15, -0.1) is 0 Å². The minimum Gasteiger partial charge on any atom is -0.382 e. The molecule has 4 heteroatoms. The van der Waals surface area contributed by atoms with E-state index in [1.807, 2.05) is 38.4 Å². The van der Waals surface area contributed by atoms with E-state index >= 15 is 0 Å². The Morgan fingerprint density at radius 2 is 1.68 bits per heavy atom. The van der Waals surface area contributed by atoms with Gasteiger partial charge in [-0.3, -0.25) is 4.90 Å². The van der Waals surface area contributed by atoms with Crippen molar-refractivity contribution in [3.63, 3.8) is 0 Å². The fourth-order valence-electron chi connectivity index (χ4n) is 2.55. The van der Waals surface area contributed by atoms with Crippen molar-refractivity contribution in [3.8, 4) is 6.07 Å². The van der Waals surface area contributed by atoms with Crippen molar-refractivity contribution in [2.45, 2.75) is 32.4 Å². The van der Waals surface area contributed by atoms with Crippen LogP contribution in [0, 0.1) is 11.3 Å². The van der Waals surface area contributed by atoms with E-state index < -0.39 is 0 Å². The van der Waals surface area contributed by atoms with Crippen LogP contribution in [-0.2, 0) is 5.41 Å². The fourth-order valence-corrected chi connectivity index (χ4v) is 2.55. The zero-order valence-electron chi connectivity index (χ0n) is 15.8. The first-order valence-corrected chi connectivity index (χ1v) is 8.58. The highest BCUT2D eigenvalue weighted by molar-refractivity contribution is 5.58. The monoisotopic (exact) mass is 336 g/mol. The molecule has 2 aromatic rings. The van der Waals surface area contributed by atoms with E-state index in [1.54, 1.807) is 0 Å². The lowest BCUT2D eigenvalue weighted by atomic mass is 9.87. The molecule has 0 saturated heterocycles. The van der Waals surface area contributed by atoms with Crippen LogP contribution < -0.4 is 10.6 Å². The smallest absolute Gasteiger partial charge is 0.101 e. The van der Waals surface area contributed by atoms with Crippen molar-refractivity contribution in [1.29, 1.82) is 5.26 Å². The summed E-state index contributed by atoms with van der Waals surface area (Å²) in [5.41, 5.74) is 4.09.